The first kappa shape index (κ1) is 32.6. The van der Waals surface area contributed by atoms with Crippen molar-refractivity contribution in [2.75, 3.05) is 52.5 Å². The van der Waals surface area contributed by atoms with Crippen LogP contribution in [0.5, 0.6) is 11.5 Å². The molecule has 1 heterocycles. The fourth-order valence-corrected chi connectivity index (χ4v) is 4.62. The Morgan fingerprint density at radius 3 is 1.87 bits per heavy atom. The summed E-state index contributed by atoms with van der Waals surface area (Å²) in [6, 6.07) is 17.1. The van der Waals surface area contributed by atoms with E-state index in [2.05, 4.69) is 29.7 Å². The van der Waals surface area contributed by atoms with E-state index < -0.39 is 6.10 Å². The van der Waals surface area contributed by atoms with E-state index in [4.69, 9.17) is 14.7 Å². The number of aliphatic hydroxyl groups excluding tert-OH is 1. The summed E-state index contributed by atoms with van der Waals surface area (Å²) < 4.78 is 11.4. The molecule has 1 saturated heterocycles. The lowest BCUT2D eigenvalue weighted by molar-refractivity contribution is 0.199. The fraction of sp³-hybridized carbons (Fsp3) is 0.606. The van der Waals surface area contributed by atoms with Crippen molar-refractivity contribution in [2.24, 2.45) is 0 Å². The van der Waals surface area contributed by atoms with Crippen LogP contribution in [0.4, 0.5) is 0 Å². The average molecular weight is 538 g/mol. The van der Waals surface area contributed by atoms with E-state index in [0.29, 0.717) is 5.56 Å². The number of hydrogen-bond donors (Lipinski definition) is 1. The number of aliphatic hydroxyl groups is 1. The van der Waals surface area contributed by atoms with Gasteiger partial charge in [-0.1, -0.05) is 26.0 Å². The van der Waals surface area contributed by atoms with Crippen molar-refractivity contribution in [1.82, 2.24) is 9.80 Å². The number of rotatable bonds is 17. The molecule has 0 spiro atoms. The van der Waals surface area contributed by atoms with E-state index in [-0.39, 0.29) is 0 Å². The maximum atomic E-state index is 9.43. The van der Waals surface area contributed by atoms with Crippen LogP contribution >= 0.6 is 0 Å². The highest BCUT2D eigenvalue weighted by Crippen LogP contribution is 2.18. The topological polar surface area (TPSA) is 69.0 Å². The van der Waals surface area contributed by atoms with Gasteiger partial charge in [-0.3, -0.25) is 0 Å². The molecule has 0 aliphatic carbocycles. The second-order valence-electron chi connectivity index (χ2n) is 10.3. The Balaban J connectivity index is 0.000000274. The number of hydrogen-bond acceptors (Lipinski definition) is 6. The van der Waals surface area contributed by atoms with E-state index in [1.807, 2.05) is 36.4 Å². The second kappa shape index (κ2) is 20.3. The molecule has 0 amide bonds. The average Bonchev–Trinajstić information content (AvgIpc) is 3.49. The SMILES string of the molecule is CC(O)c1ccc(OCCCCCN2CCCC2)cc1.CCN(CC)CCCCCOc1ccc(C#N)cc1. The van der Waals surface area contributed by atoms with Crippen LogP contribution in [0, 0.1) is 11.3 Å². The number of benzene rings is 2. The molecule has 1 unspecified atom stereocenters. The van der Waals surface area contributed by atoms with Crippen LogP contribution in [0.15, 0.2) is 48.5 Å². The molecule has 216 valence electrons. The molecule has 1 fully saturated rings. The van der Waals surface area contributed by atoms with E-state index >= 15 is 0 Å². The zero-order valence-electron chi connectivity index (χ0n) is 24.6. The van der Waals surface area contributed by atoms with Crippen molar-refractivity contribution in [3.8, 4) is 17.6 Å². The molecule has 2 aromatic rings. The molecular formula is C33H51N3O3. The van der Waals surface area contributed by atoms with Gasteiger partial charge < -0.3 is 24.4 Å². The third-order valence-electron chi connectivity index (χ3n) is 7.21. The largest absolute Gasteiger partial charge is 0.494 e. The van der Waals surface area contributed by atoms with Crippen molar-refractivity contribution in [3.63, 3.8) is 0 Å². The molecule has 0 radical (unpaired) electrons. The molecule has 1 aliphatic heterocycles. The van der Waals surface area contributed by atoms with Crippen LogP contribution in [0.1, 0.15) is 89.4 Å². The Kier molecular flexibility index (Phi) is 17.0. The molecule has 0 aromatic heterocycles. The third kappa shape index (κ3) is 14.4. The first-order valence-electron chi connectivity index (χ1n) is 15.0. The summed E-state index contributed by atoms with van der Waals surface area (Å²) in [4.78, 5) is 5.01. The third-order valence-corrected chi connectivity index (χ3v) is 7.21. The molecule has 0 bridgehead atoms. The maximum absolute atomic E-state index is 9.43. The highest BCUT2D eigenvalue weighted by Gasteiger charge is 2.10. The van der Waals surface area contributed by atoms with Crippen LogP contribution in [-0.2, 0) is 0 Å². The zero-order chi connectivity index (χ0) is 28.1. The van der Waals surface area contributed by atoms with Crippen LogP contribution in [0.3, 0.4) is 0 Å². The lowest BCUT2D eigenvalue weighted by Crippen LogP contribution is -2.23. The summed E-state index contributed by atoms with van der Waals surface area (Å²) in [5.41, 5.74) is 1.61. The Morgan fingerprint density at radius 1 is 0.821 bits per heavy atom. The van der Waals surface area contributed by atoms with Gasteiger partial charge in [-0.25, -0.2) is 0 Å². The van der Waals surface area contributed by atoms with Crippen molar-refractivity contribution >= 4 is 0 Å². The summed E-state index contributed by atoms with van der Waals surface area (Å²) in [6.45, 7) is 15.0. The predicted molar refractivity (Wildman–Crippen MR) is 160 cm³/mol. The highest BCUT2D eigenvalue weighted by atomic mass is 16.5. The predicted octanol–water partition coefficient (Wildman–Crippen LogP) is 6.83. The molecular weight excluding hydrogens is 486 g/mol. The molecule has 3 rings (SSSR count). The van der Waals surface area contributed by atoms with Gasteiger partial charge in [0, 0.05) is 0 Å². The highest BCUT2D eigenvalue weighted by molar-refractivity contribution is 5.34. The van der Waals surface area contributed by atoms with Crippen LogP contribution in [0.2, 0.25) is 0 Å². The van der Waals surface area contributed by atoms with Gasteiger partial charge in [0.1, 0.15) is 11.5 Å². The maximum Gasteiger partial charge on any atom is 0.119 e. The molecule has 6 heteroatoms. The van der Waals surface area contributed by atoms with Gasteiger partial charge in [-0.15, -0.1) is 0 Å². The van der Waals surface area contributed by atoms with E-state index in [9.17, 15) is 5.11 Å². The van der Waals surface area contributed by atoms with E-state index in [1.54, 1.807) is 19.1 Å². The van der Waals surface area contributed by atoms with Gasteiger partial charge in [0.15, 0.2) is 0 Å². The molecule has 1 N–H and O–H groups in total. The summed E-state index contributed by atoms with van der Waals surface area (Å²) in [5.74, 6) is 1.75. The molecule has 1 aliphatic rings. The molecule has 6 nitrogen and oxygen atoms in total. The molecule has 0 saturated carbocycles. The molecule has 39 heavy (non-hydrogen) atoms. The minimum absolute atomic E-state index is 0.408. The lowest BCUT2D eigenvalue weighted by Gasteiger charge is -2.17. The second-order valence-corrected chi connectivity index (χ2v) is 10.3. The minimum atomic E-state index is -0.408. The normalized spacial score (nSPS) is 13.9. The Labute approximate surface area is 237 Å². The first-order valence-corrected chi connectivity index (χ1v) is 15.0. The van der Waals surface area contributed by atoms with Crippen molar-refractivity contribution in [1.29, 1.82) is 5.26 Å². The zero-order valence-corrected chi connectivity index (χ0v) is 24.6. The number of nitriles is 1. The summed E-state index contributed by atoms with van der Waals surface area (Å²) in [6.07, 6.45) is 9.51. The summed E-state index contributed by atoms with van der Waals surface area (Å²) in [7, 11) is 0. The Hall–Kier alpha value is -2.59. The van der Waals surface area contributed by atoms with Crippen LogP contribution in [-0.4, -0.2) is 67.4 Å². The smallest absolute Gasteiger partial charge is 0.119 e. The van der Waals surface area contributed by atoms with Crippen molar-refractivity contribution in [2.45, 2.75) is 78.2 Å². The van der Waals surface area contributed by atoms with Gasteiger partial charge in [0.05, 0.1) is 31.0 Å². The number of nitrogens with zero attached hydrogens (tertiary/aromatic N) is 3. The lowest BCUT2D eigenvalue weighted by atomic mass is 10.1. The number of likely N-dealkylation sites (tertiary alicyclic amines) is 1. The van der Waals surface area contributed by atoms with Gasteiger partial charge in [0.2, 0.25) is 0 Å². The van der Waals surface area contributed by atoms with E-state index in [1.165, 1.54) is 64.7 Å². The molecule has 2 aromatic carbocycles. The Morgan fingerprint density at radius 2 is 1.36 bits per heavy atom. The van der Waals surface area contributed by atoms with Crippen LogP contribution in [0.25, 0.3) is 0 Å². The molecule has 1 atom stereocenters. The summed E-state index contributed by atoms with van der Waals surface area (Å²) >= 11 is 0. The van der Waals surface area contributed by atoms with Gasteiger partial charge in [0.25, 0.3) is 0 Å². The monoisotopic (exact) mass is 537 g/mol. The number of unbranched alkanes of at least 4 members (excludes halogenated alkanes) is 4. The quantitative estimate of drug-likeness (QED) is 0.223. The standard InChI is InChI=1S/C17H27NO2.C16H24N2O/c1-15(19)16-7-9-17(10-8-16)20-14-6-2-3-11-18-12-4-5-13-18;1-3-18(4-2)12-6-5-7-13-19-16-10-8-15(14-17)9-11-16/h7-10,15,19H,2-6,11-14H2,1H3;8-11H,3-7,12-13H2,1-2H3. The fourth-order valence-electron chi connectivity index (χ4n) is 4.62. The Bertz CT molecular complexity index is 899. The van der Waals surface area contributed by atoms with Gasteiger partial charge in [-0.05, 0) is 140 Å². The summed E-state index contributed by atoms with van der Waals surface area (Å²) in [5, 5.41) is 18.1. The van der Waals surface area contributed by atoms with Crippen LogP contribution < -0.4 is 9.47 Å². The minimum Gasteiger partial charge on any atom is -0.494 e. The van der Waals surface area contributed by atoms with Gasteiger partial charge >= 0.3 is 0 Å². The van der Waals surface area contributed by atoms with Crippen molar-refractivity contribution < 1.29 is 14.6 Å². The van der Waals surface area contributed by atoms with Gasteiger partial charge in [-0.2, -0.15) is 5.26 Å². The van der Waals surface area contributed by atoms with Crippen molar-refractivity contribution in [3.05, 3.63) is 59.7 Å². The van der Waals surface area contributed by atoms with E-state index in [0.717, 1.165) is 56.2 Å². The number of ether oxygens (including phenoxy) is 2. The first-order chi connectivity index (χ1) is 19.0.